The molecule has 0 heterocycles. The molecule has 0 amide bonds. The van der Waals surface area contributed by atoms with Crippen molar-refractivity contribution in [3.63, 3.8) is 0 Å². The first-order chi connectivity index (χ1) is 10.5. The monoisotopic (exact) mass is 350 g/mol. The summed E-state index contributed by atoms with van der Waals surface area (Å²) in [5, 5.41) is 0. The highest BCUT2D eigenvalue weighted by atomic mass is 32.2. The van der Waals surface area contributed by atoms with Crippen LogP contribution < -0.4 is 4.72 Å². The lowest BCUT2D eigenvalue weighted by atomic mass is 10.1. The first kappa shape index (κ1) is 19.6. The number of rotatable bonds is 3. The summed E-state index contributed by atoms with van der Waals surface area (Å²) in [6.45, 7) is 18.8. The van der Waals surface area contributed by atoms with Crippen molar-refractivity contribution in [1.82, 2.24) is 4.72 Å². The Morgan fingerprint density at radius 2 is 1.96 bits per heavy atom. The van der Waals surface area contributed by atoms with Crippen molar-refractivity contribution in [2.24, 2.45) is 0 Å². The van der Waals surface area contributed by atoms with Crippen molar-refractivity contribution in [2.45, 2.75) is 51.2 Å². The van der Waals surface area contributed by atoms with Crippen LogP contribution in [-0.2, 0) is 11.0 Å². The van der Waals surface area contributed by atoms with Gasteiger partial charge in [-0.3, -0.25) is 0 Å². The first-order valence-corrected chi connectivity index (χ1v) is 12.0. The highest BCUT2D eigenvalue weighted by Crippen LogP contribution is 2.26. The molecule has 23 heavy (non-hydrogen) atoms. The number of benzene rings is 1. The van der Waals surface area contributed by atoms with E-state index < -0.39 is 35.7 Å². The van der Waals surface area contributed by atoms with Gasteiger partial charge in [0.2, 0.25) is 5.69 Å². The molecule has 3 nitrogen and oxygen atoms in total. The van der Waals surface area contributed by atoms with Gasteiger partial charge in [-0.25, -0.2) is 18.2 Å². The van der Waals surface area contributed by atoms with Gasteiger partial charge in [-0.2, -0.15) is 0 Å². The summed E-state index contributed by atoms with van der Waals surface area (Å²) in [7, 11) is -3.07. The minimum Gasteiger partial charge on any atom is -0.242 e. The van der Waals surface area contributed by atoms with E-state index in [-0.39, 0.29) is 11.3 Å². The summed E-state index contributed by atoms with van der Waals surface area (Å²) >= 11 is 0. The fraction of sp³-hybridized carbons (Fsp3) is 0.471. The highest BCUT2D eigenvalue weighted by molar-refractivity contribution is 7.84. The van der Waals surface area contributed by atoms with Gasteiger partial charge in [-0.15, -0.1) is 5.54 Å². The van der Waals surface area contributed by atoms with Crippen LogP contribution in [0.5, 0.6) is 0 Å². The van der Waals surface area contributed by atoms with E-state index in [0.717, 1.165) is 0 Å². The molecule has 0 aliphatic carbocycles. The van der Waals surface area contributed by atoms with Gasteiger partial charge in [0.25, 0.3) is 0 Å². The minimum atomic E-state index is -1.67. The smallest absolute Gasteiger partial charge is 0.222 e. The molecule has 0 radical (unpaired) electrons. The molecule has 1 aromatic carbocycles. The van der Waals surface area contributed by atoms with Crippen LogP contribution in [-0.4, -0.2) is 17.0 Å². The molecular formula is C17H23FN2OSSi. The number of nitrogens with one attached hydrogen (secondary N) is 1. The number of hydrogen-bond donors (Lipinski definition) is 1. The summed E-state index contributed by atoms with van der Waals surface area (Å²) in [5.41, 5.74) is 3.41. The Bertz CT molecular complexity index is 703. The van der Waals surface area contributed by atoms with Gasteiger partial charge in [0.15, 0.2) is 0 Å². The average molecular weight is 351 g/mol. The maximum Gasteiger partial charge on any atom is 0.222 e. The second kappa shape index (κ2) is 7.40. The van der Waals surface area contributed by atoms with Gasteiger partial charge in [-0.05, 0) is 20.8 Å². The molecular weight excluding hydrogens is 327 g/mol. The van der Waals surface area contributed by atoms with Crippen LogP contribution in [0.1, 0.15) is 32.4 Å². The Morgan fingerprint density at radius 1 is 1.35 bits per heavy atom. The fourth-order valence-electron chi connectivity index (χ4n) is 1.59. The molecule has 1 rings (SSSR count). The fourth-order valence-corrected chi connectivity index (χ4v) is 2.92. The van der Waals surface area contributed by atoms with Gasteiger partial charge in [0.05, 0.1) is 22.3 Å². The average Bonchev–Trinajstić information content (AvgIpc) is 2.41. The SMILES string of the molecule is [C-]#[N+]c1cccc([C@@H](C#C[Si](C)(C)C)N[S@@](=O)C(C)(C)C)c1F. The quantitative estimate of drug-likeness (QED) is 0.491. The summed E-state index contributed by atoms with van der Waals surface area (Å²) in [6.07, 6.45) is 0. The van der Waals surface area contributed by atoms with Gasteiger partial charge in [0.1, 0.15) is 19.9 Å². The van der Waals surface area contributed by atoms with Crippen LogP contribution in [0, 0.1) is 23.9 Å². The molecule has 0 unspecified atom stereocenters. The van der Waals surface area contributed by atoms with E-state index in [2.05, 4.69) is 40.7 Å². The molecule has 2 atom stereocenters. The van der Waals surface area contributed by atoms with E-state index in [1.165, 1.54) is 6.07 Å². The van der Waals surface area contributed by atoms with Crippen LogP contribution in [0.2, 0.25) is 19.6 Å². The third kappa shape index (κ3) is 5.91. The predicted molar refractivity (Wildman–Crippen MR) is 97.6 cm³/mol. The van der Waals surface area contributed by atoms with Gasteiger partial charge in [0, 0.05) is 5.56 Å². The minimum absolute atomic E-state index is 0.0503. The van der Waals surface area contributed by atoms with Crippen molar-refractivity contribution in [3.8, 4) is 11.5 Å². The molecule has 1 N–H and O–H groups in total. The van der Waals surface area contributed by atoms with Crippen molar-refractivity contribution in [2.75, 3.05) is 0 Å². The molecule has 0 saturated carbocycles. The molecule has 0 fully saturated rings. The Balaban J connectivity index is 3.33. The Morgan fingerprint density at radius 3 is 2.43 bits per heavy atom. The van der Waals surface area contributed by atoms with Crippen LogP contribution in [0.3, 0.4) is 0 Å². The topological polar surface area (TPSA) is 33.5 Å². The lowest BCUT2D eigenvalue weighted by Gasteiger charge is -2.22. The van der Waals surface area contributed by atoms with E-state index >= 15 is 0 Å². The normalized spacial score (nSPS) is 14.3. The second-order valence-corrected chi connectivity index (χ2v) is 14.0. The summed E-state index contributed by atoms with van der Waals surface area (Å²) < 4.78 is 29.3. The lowest BCUT2D eigenvalue weighted by Crippen LogP contribution is -2.36. The maximum absolute atomic E-state index is 14.5. The standard InChI is InChI=1S/C17H23FN2OSSi/c1-17(2,3)22(21)20-14(11-12-23(5,6)7)13-9-8-10-15(19-4)16(13)18/h8-10,14,20H,1-3,5-7H3/t14-,22+/m1/s1. The van der Waals surface area contributed by atoms with E-state index in [9.17, 15) is 8.60 Å². The zero-order valence-electron chi connectivity index (χ0n) is 14.5. The molecule has 0 aliphatic heterocycles. The van der Waals surface area contributed by atoms with Crippen LogP contribution in [0.4, 0.5) is 10.1 Å². The largest absolute Gasteiger partial charge is 0.242 e. The van der Waals surface area contributed by atoms with Crippen molar-refractivity contribution >= 4 is 24.7 Å². The Kier molecular flexibility index (Phi) is 6.30. The van der Waals surface area contributed by atoms with Crippen LogP contribution in [0.15, 0.2) is 18.2 Å². The summed E-state index contributed by atoms with van der Waals surface area (Å²) in [5.74, 6) is 2.43. The molecule has 6 heteroatoms. The third-order valence-corrected chi connectivity index (χ3v) is 5.27. The van der Waals surface area contributed by atoms with Crippen LogP contribution in [0.25, 0.3) is 4.85 Å². The van der Waals surface area contributed by atoms with Gasteiger partial charge in [-0.1, -0.05) is 43.8 Å². The maximum atomic E-state index is 14.5. The number of nitrogens with zero attached hydrogens (tertiary/aromatic N) is 1. The van der Waals surface area contributed by atoms with Crippen molar-refractivity contribution < 1.29 is 8.60 Å². The number of halogens is 1. The van der Waals surface area contributed by atoms with E-state index in [1.54, 1.807) is 12.1 Å². The summed E-state index contributed by atoms with van der Waals surface area (Å²) in [6, 6.07) is 3.93. The zero-order chi connectivity index (χ0) is 17.8. The second-order valence-electron chi connectivity index (χ2n) is 7.24. The number of hydrogen-bond acceptors (Lipinski definition) is 1. The zero-order valence-corrected chi connectivity index (χ0v) is 16.3. The van der Waals surface area contributed by atoms with Crippen molar-refractivity contribution in [1.29, 1.82) is 0 Å². The predicted octanol–water partition coefficient (Wildman–Crippen LogP) is 4.35. The van der Waals surface area contributed by atoms with Gasteiger partial charge >= 0.3 is 0 Å². The summed E-state index contributed by atoms with van der Waals surface area (Å²) in [4.78, 5) is 3.18. The molecule has 1 aromatic rings. The molecule has 124 valence electrons. The van der Waals surface area contributed by atoms with E-state index in [4.69, 9.17) is 6.57 Å². The van der Waals surface area contributed by atoms with E-state index in [0.29, 0.717) is 0 Å². The highest BCUT2D eigenvalue weighted by Gasteiger charge is 2.25. The lowest BCUT2D eigenvalue weighted by molar-refractivity contribution is 0.594. The van der Waals surface area contributed by atoms with Crippen LogP contribution >= 0.6 is 0 Å². The molecule has 0 spiro atoms. The first-order valence-electron chi connectivity index (χ1n) is 7.32. The molecule has 0 saturated heterocycles. The Labute approximate surface area is 142 Å². The molecule has 0 aliphatic rings. The van der Waals surface area contributed by atoms with Gasteiger partial charge < -0.3 is 0 Å². The molecule has 0 bridgehead atoms. The van der Waals surface area contributed by atoms with Crippen molar-refractivity contribution in [3.05, 3.63) is 41.0 Å². The molecule has 0 aromatic heterocycles. The Hall–Kier alpha value is -1.47. The van der Waals surface area contributed by atoms with E-state index in [1.807, 2.05) is 20.8 Å². The third-order valence-electron chi connectivity index (χ3n) is 2.81.